The fourth-order valence-electron chi connectivity index (χ4n) is 1.36. The van der Waals surface area contributed by atoms with Crippen LogP contribution < -0.4 is 5.73 Å². The van der Waals surface area contributed by atoms with Gasteiger partial charge in [-0.25, -0.2) is 0 Å². The standard InChI is InChI=1S/C10H15N5O/c1-3-8(11)4-9-13-10(16-14-9)7-5-12-15(2)6-7/h5-6,8H,3-4,11H2,1-2H3. The molecule has 6 heteroatoms. The van der Waals surface area contributed by atoms with Gasteiger partial charge < -0.3 is 10.3 Å². The first-order chi connectivity index (χ1) is 7.69. The second-order valence-corrected chi connectivity index (χ2v) is 3.79. The summed E-state index contributed by atoms with van der Waals surface area (Å²) < 4.78 is 6.83. The molecule has 0 radical (unpaired) electrons. The van der Waals surface area contributed by atoms with Crippen molar-refractivity contribution in [1.29, 1.82) is 0 Å². The van der Waals surface area contributed by atoms with Gasteiger partial charge in [-0.2, -0.15) is 10.1 Å². The lowest BCUT2D eigenvalue weighted by atomic mass is 10.2. The smallest absolute Gasteiger partial charge is 0.261 e. The van der Waals surface area contributed by atoms with Crippen molar-refractivity contribution in [3.05, 3.63) is 18.2 Å². The van der Waals surface area contributed by atoms with Gasteiger partial charge in [0.25, 0.3) is 5.89 Å². The first-order valence-corrected chi connectivity index (χ1v) is 5.26. The van der Waals surface area contributed by atoms with Gasteiger partial charge in [0.2, 0.25) is 0 Å². The lowest BCUT2D eigenvalue weighted by molar-refractivity contribution is 0.419. The molecule has 2 heterocycles. The summed E-state index contributed by atoms with van der Waals surface area (Å²) in [5, 5.41) is 7.93. The van der Waals surface area contributed by atoms with Crippen LogP contribution in [0.5, 0.6) is 0 Å². The van der Waals surface area contributed by atoms with Crippen LogP contribution in [-0.2, 0) is 13.5 Å². The zero-order valence-electron chi connectivity index (χ0n) is 9.42. The quantitative estimate of drug-likeness (QED) is 0.823. The molecule has 0 aliphatic carbocycles. The minimum absolute atomic E-state index is 0.0827. The molecule has 0 aliphatic heterocycles. The average molecular weight is 221 g/mol. The Morgan fingerprint density at radius 2 is 2.38 bits per heavy atom. The van der Waals surface area contributed by atoms with Gasteiger partial charge in [-0.1, -0.05) is 12.1 Å². The fraction of sp³-hybridized carbons (Fsp3) is 0.500. The second kappa shape index (κ2) is 4.44. The van der Waals surface area contributed by atoms with Gasteiger partial charge in [0, 0.05) is 25.7 Å². The van der Waals surface area contributed by atoms with Crippen LogP contribution in [0.2, 0.25) is 0 Å². The van der Waals surface area contributed by atoms with E-state index in [1.54, 1.807) is 10.9 Å². The number of hydrogen-bond acceptors (Lipinski definition) is 5. The number of aryl methyl sites for hydroxylation is 1. The molecule has 86 valence electrons. The van der Waals surface area contributed by atoms with Crippen LogP contribution in [-0.4, -0.2) is 26.0 Å². The van der Waals surface area contributed by atoms with Gasteiger partial charge >= 0.3 is 0 Å². The molecular formula is C10H15N5O. The highest BCUT2D eigenvalue weighted by molar-refractivity contribution is 5.49. The van der Waals surface area contributed by atoms with E-state index < -0.39 is 0 Å². The Bertz CT molecular complexity index is 461. The zero-order chi connectivity index (χ0) is 11.5. The predicted octanol–water partition coefficient (Wildman–Crippen LogP) is 0.750. The van der Waals surface area contributed by atoms with Gasteiger partial charge in [0.1, 0.15) is 0 Å². The number of hydrogen-bond donors (Lipinski definition) is 1. The molecule has 0 amide bonds. The van der Waals surface area contributed by atoms with Crippen LogP contribution >= 0.6 is 0 Å². The summed E-state index contributed by atoms with van der Waals surface area (Å²) in [5.41, 5.74) is 6.64. The highest BCUT2D eigenvalue weighted by Gasteiger charge is 2.12. The third kappa shape index (κ3) is 2.27. The monoisotopic (exact) mass is 221 g/mol. The van der Waals surface area contributed by atoms with Crippen LogP contribution in [0.15, 0.2) is 16.9 Å². The zero-order valence-corrected chi connectivity index (χ0v) is 9.42. The van der Waals surface area contributed by atoms with E-state index >= 15 is 0 Å². The summed E-state index contributed by atoms with van der Waals surface area (Å²) in [4.78, 5) is 4.27. The minimum Gasteiger partial charge on any atom is -0.334 e. The summed E-state index contributed by atoms with van der Waals surface area (Å²) in [6.45, 7) is 2.03. The van der Waals surface area contributed by atoms with Crippen molar-refractivity contribution in [3.8, 4) is 11.5 Å². The van der Waals surface area contributed by atoms with Gasteiger partial charge in [-0.15, -0.1) is 0 Å². The highest BCUT2D eigenvalue weighted by Crippen LogP contribution is 2.15. The molecule has 0 saturated heterocycles. The molecular weight excluding hydrogens is 206 g/mol. The Morgan fingerprint density at radius 1 is 1.56 bits per heavy atom. The SMILES string of the molecule is CCC(N)Cc1noc(-c2cnn(C)c2)n1. The molecule has 0 aliphatic rings. The fourth-order valence-corrected chi connectivity index (χ4v) is 1.36. The molecule has 0 saturated carbocycles. The predicted molar refractivity (Wildman–Crippen MR) is 58.5 cm³/mol. The first kappa shape index (κ1) is 10.8. The van der Waals surface area contributed by atoms with E-state index in [2.05, 4.69) is 15.2 Å². The Kier molecular flexibility index (Phi) is 3.00. The highest BCUT2D eigenvalue weighted by atomic mass is 16.5. The number of nitrogens with zero attached hydrogens (tertiary/aromatic N) is 4. The molecule has 0 bridgehead atoms. The van der Waals surface area contributed by atoms with Gasteiger partial charge in [0.15, 0.2) is 5.82 Å². The summed E-state index contributed by atoms with van der Waals surface area (Å²) >= 11 is 0. The van der Waals surface area contributed by atoms with E-state index in [-0.39, 0.29) is 6.04 Å². The molecule has 2 rings (SSSR count). The second-order valence-electron chi connectivity index (χ2n) is 3.79. The maximum atomic E-state index is 5.82. The summed E-state index contributed by atoms with van der Waals surface area (Å²) in [6, 6.07) is 0.0827. The van der Waals surface area contributed by atoms with Crippen molar-refractivity contribution in [2.75, 3.05) is 0 Å². The van der Waals surface area contributed by atoms with Crippen LogP contribution in [0.1, 0.15) is 19.2 Å². The van der Waals surface area contributed by atoms with Crippen molar-refractivity contribution in [3.63, 3.8) is 0 Å². The first-order valence-electron chi connectivity index (χ1n) is 5.26. The van der Waals surface area contributed by atoms with E-state index in [1.165, 1.54) is 0 Å². The van der Waals surface area contributed by atoms with E-state index in [4.69, 9.17) is 10.3 Å². The Labute approximate surface area is 93.4 Å². The molecule has 0 aromatic carbocycles. The van der Waals surface area contributed by atoms with E-state index in [9.17, 15) is 0 Å². The van der Waals surface area contributed by atoms with Crippen LogP contribution in [0.4, 0.5) is 0 Å². The van der Waals surface area contributed by atoms with Gasteiger partial charge in [0.05, 0.1) is 11.8 Å². The summed E-state index contributed by atoms with van der Waals surface area (Å²) in [6.07, 6.45) is 5.06. The van der Waals surface area contributed by atoms with E-state index in [1.807, 2.05) is 20.2 Å². The van der Waals surface area contributed by atoms with Crippen molar-refractivity contribution in [2.45, 2.75) is 25.8 Å². The summed E-state index contributed by atoms with van der Waals surface area (Å²) in [7, 11) is 1.84. The minimum atomic E-state index is 0.0827. The Balaban J connectivity index is 2.13. The normalized spacial score (nSPS) is 12.9. The van der Waals surface area contributed by atoms with Crippen LogP contribution in [0, 0.1) is 0 Å². The molecule has 6 nitrogen and oxygen atoms in total. The van der Waals surface area contributed by atoms with Crippen molar-refractivity contribution < 1.29 is 4.52 Å². The lowest BCUT2D eigenvalue weighted by Gasteiger charge is -2.02. The Morgan fingerprint density at radius 3 is 3.00 bits per heavy atom. The van der Waals surface area contributed by atoms with Crippen molar-refractivity contribution >= 4 is 0 Å². The third-order valence-electron chi connectivity index (χ3n) is 2.39. The van der Waals surface area contributed by atoms with Crippen molar-refractivity contribution in [1.82, 2.24) is 19.9 Å². The number of aromatic nitrogens is 4. The third-order valence-corrected chi connectivity index (χ3v) is 2.39. The van der Waals surface area contributed by atoms with E-state index in [0.29, 0.717) is 18.1 Å². The molecule has 1 unspecified atom stereocenters. The average Bonchev–Trinajstić information content (AvgIpc) is 2.87. The molecule has 2 N–H and O–H groups in total. The number of rotatable bonds is 4. The maximum Gasteiger partial charge on any atom is 0.261 e. The maximum absolute atomic E-state index is 5.82. The van der Waals surface area contributed by atoms with E-state index in [0.717, 1.165) is 12.0 Å². The van der Waals surface area contributed by atoms with Gasteiger partial charge in [-0.3, -0.25) is 4.68 Å². The van der Waals surface area contributed by atoms with Crippen LogP contribution in [0.3, 0.4) is 0 Å². The van der Waals surface area contributed by atoms with Crippen molar-refractivity contribution in [2.24, 2.45) is 12.8 Å². The molecule has 0 spiro atoms. The molecule has 1 atom stereocenters. The lowest BCUT2D eigenvalue weighted by Crippen LogP contribution is -2.21. The topological polar surface area (TPSA) is 82.8 Å². The Hall–Kier alpha value is -1.69. The summed E-state index contributed by atoms with van der Waals surface area (Å²) in [5.74, 6) is 1.14. The molecule has 0 fully saturated rings. The van der Waals surface area contributed by atoms with Crippen LogP contribution in [0.25, 0.3) is 11.5 Å². The number of nitrogens with two attached hydrogens (primary N) is 1. The molecule has 2 aromatic heterocycles. The largest absolute Gasteiger partial charge is 0.334 e. The molecule has 16 heavy (non-hydrogen) atoms. The molecule has 2 aromatic rings. The van der Waals surface area contributed by atoms with Gasteiger partial charge in [-0.05, 0) is 6.42 Å².